The number of carbonyl (C=O) groups excluding carboxylic acids is 1. The number of hydrogen-bond donors (Lipinski definition) is 1. The zero-order chi connectivity index (χ0) is 21.0. The summed E-state index contributed by atoms with van der Waals surface area (Å²) in [4.78, 5) is 21.7. The molecule has 1 aromatic heterocycles. The number of nitrogens with zero attached hydrogens (tertiary/aromatic N) is 3. The van der Waals surface area contributed by atoms with Gasteiger partial charge in [0.25, 0.3) is 5.91 Å². The Labute approximate surface area is 184 Å². The number of hydrogen-bond acceptors (Lipinski definition) is 5. The van der Waals surface area contributed by atoms with E-state index < -0.39 is 0 Å². The maximum absolute atomic E-state index is 12.4. The number of benzene rings is 1. The molecular weight excluding hydrogens is 388 g/mol. The van der Waals surface area contributed by atoms with Crippen LogP contribution in [0.1, 0.15) is 41.2 Å². The molecule has 3 aliphatic rings. The van der Waals surface area contributed by atoms with Gasteiger partial charge in [0, 0.05) is 39.3 Å². The van der Waals surface area contributed by atoms with Gasteiger partial charge in [-0.05, 0) is 42.6 Å². The third-order valence-corrected chi connectivity index (χ3v) is 7.07. The van der Waals surface area contributed by atoms with Gasteiger partial charge in [-0.3, -0.25) is 14.6 Å². The summed E-state index contributed by atoms with van der Waals surface area (Å²) in [5.74, 6) is 2.74. The zero-order valence-electron chi connectivity index (χ0n) is 18.1. The molecule has 1 aromatic carbocycles. The Morgan fingerprint density at radius 1 is 1.03 bits per heavy atom. The van der Waals surface area contributed by atoms with E-state index in [9.17, 15) is 4.79 Å². The fraction of sp³-hybridized carbons (Fsp3) is 0.520. The van der Waals surface area contributed by atoms with Crippen LogP contribution in [0.3, 0.4) is 0 Å². The van der Waals surface area contributed by atoms with E-state index in [0.717, 1.165) is 56.9 Å². The Balaban J connectivity index is 1.03. The van der Waals surface area contributed by atoms with Gasteiger partial charge in [0.15, 0.2) is 5.69 Å². The van der Waals surface area contributed by atoms with Gasteiger partial charge in [0.1, 0.15) is 6.26 Å². The highest BCUT2D eigenvalue weighted by Crippen LogP contribution is 2.44. The molecule has 3 atom stereocenters. The number of rotatable bonds is 8. The fourth-order valence-corrected chi connectivity index (χ4v) is 5.31. The van der Waals surface area contributed by atoms with E-state index in [4.69, 9.17) is 4.42 Å². The zero-order valence-corrected chi connectivity index (χ0v) is 18.1. The van der Waals surface area contributed by atoms with Crippen molar-refractivity contribution in [3.63, 3.8) is 0 Å². The second kappa shape index (κ2) is 9.37. The minimum atomic E-state index is -0.124. The summed E-state index contributed by atoms with van der Waals surface area (Å²) < 4.78 is 5.59. The Bertz CT molecular complexity index is 901. The topological polar surface area (TPSA) is 61.6 Å². The molecule has 6 nitrogen and oxygen atoms in total. The van der Waals surface area contributed by atoms with Crippen LogP contribution in [-0.4, -0.2) is 53.4 Å². The SMILES string of the molecule is O=C(NCC[C@@H]1C[C@@H]2C=C[C@H]1C2)c1coc(CN2CCN(Cc3ccccc3)CC2)n1. The highest BCUT2D eigenvalue weighted by atomic mass is 16.3. The maximum atomic E-state index is 12.4. The molecule has 2 heterocycles. The number of aromatic nitrogens is 1. The van der Waals surface area contributed by atoms with Crippen molar-refractivity contribution in [2.24, 2.45) is 17.8 Å². The molecule has 2 aliphatic carbocycles. The first-order chi connectivity index (χ1) is 15.2. The number of oxazole rings is 1. The van der Waals surface area contributed by atoms with Crippen LogP contribution in [0, 0.1) is 17.8 Å². The number of nitrogens with one attached hydrogen (secondary N) is 1. The van der Waals surface area contributed by atoms with Crippen LogP contribution in [0.4, 0.5) is 0 Å². The Morgan fingerprint density at radius 3 is 2.52 bits per heavy atom. The largest absolute Gasteiger partial charge is 0.447 e. The van der Waals surface area contributed by atoms with Crippen molar-refractivity contribution >= 4 is 5.91 Å². The Kier molecular flexibility index (Phi) is 6.18. The van der Waals surface area contributed by atoms with Crippen LogP contribution in [0.2, 0.25) is 0 Å². The van der Waals surface area contributed by atoms with Crippen LogP contribution in [0.5, 0.6) is 0 Å². The first kappa shape index (κ1) is 20.5. The van der Waals surface area contributed by atoms with E-state index >= 15 is 0 Å². The number of carbonyl (C=O) groups is 1. The lowest BCUT2D eigenvalue weighted by Crippen LogP contribution is -2.45. The lowest BCUT2D eigenvalue weighted by Gasteiger charge is -2.34. The molecule has 0 unspecified atom stereocenters. The lowest BCUT2D eigenvalue weighted by atomic mass is 9.91. The minimum absolute atomic E-state index is 0.124. The van der Waals surface area contributed by atoms with E-state index in [1.165, 1.54) is 24.7 Å². The molecule has 1 amide bonds. The normalized spacial score (nSPS) is 25.9. The smallest absolute Gasteiger partial charge is 0.273 e. The fourth-order valence-electron chi connectivity index (χ4n) is 5.31. The van der Waals surface area contributed by atoms with Crippen molar-refractivity contribution in [1.82, 2.24) is 20.1 Å². The monoisotopic (exact) mass is 420 g/mol. The highest BCUT2D eigenvalue weighted by molar-refractivity contribution is 5.91. The predicted octanol–water partition coefficient (Wildman–Crippen LogP) is 3.32. The minimum Gasteiger partial charge on any atom is -0.447 e. The molecule has 1 saturated carbocycles. The summed E-state index contributed by atoms with van der Waals surface area (Å²) in [7, 11) is 0. The summed E-state index contributed by atoms with van der Waals surface area (Å²) in [5.41, 5.74) is 1.75. The molecule has 2 bridgehead atoms. The van der Waals surface area contributed by atoms with E-state index in [0.29, 0.717) is 24.7 Å². The van der Waals surface area contributed by atoms with Crippen LogP contribution >= 0.6 is 0 Å². The first-order valence-electron chi connectivity index (χ1n) is 11.6. The molecule has 2 fully saturated rings. The van der Waals surface area contributed by atoms with Crippen molar-refractivity contribution in [3.05, 3.63) is 65.9 Å². The van der Waals surface area contributed by atoms with Gasteiger partial charge in [-0.1, -0.05) is 42.5 Å². The van der Waals surface area contributed by atoms with Gasteiger partial charge in [-0.15, -0.1) is 0 Å². The second-order valence-electron chi connectivity index (χ2n) is 9.25. The molecule has 0 spiro atoms. The van der Waals surface area contributed by atoms with E-state index in [2.05, 4.69) is 62.6 Å². The van der Waals surface area contributed by atoms with Gasteiger partial charge in [-0.25, -0.2) is 4.98 Å². The van der Waals surface area contributed by atoms with E-state index in [1.807, 2.05) is 0 Å². The van der Waals surface area contributed by atoms with E-state index in [1.54, 1.807) is 0 Å². The first-order valence-corrected chi connectivity index (χ1v) is 11.6. The quantitative estimate of drug-likeness (QED) is 0.664. The number of allylic oxidation sites excluding steroid dienone is 2. The molecule has 1 aliphatic heterocycles. The van der Waals surface area contributed by atoms with Crippen molar-refractivity contribution in [2.75, 3.05) is 32.7 Å². The molecule has 0 radical (unpaired) electrons. The van der Waals surface area contributed by atoms with Gasteiger partial charge in [0.2, 0.25) is 5.89 Å². The second-order valence-corrected chi connectivity index (χ2v) is 9.25. The molecule has 1 N–H and O–H groups in total. The average Bonchev–Trinajstić information content (AvgIpc) is 3.53. The molecule has 1 saturated heterocycles. The summed E-state index contributed by atoms with van der Waals surface area (Å²) in [5, 5.41) is 3.03. The molecule has 2 aromatic rings. The molecule has 6 heteroatoms. The van der Waals surface area contributed by atoms with Crippen LogP contribution < -0.4 is 5.32 Å². The van der Waals surface area contributed by atoms with Gasteiger partial charge < -0.3 is 9.73 Å². The van der Waals surface area contributed by atoms with Crippen LogP contribution in [0.15, 0.2) is 53.2 Å². The third-order valence-electron chi connectivity index (χ3n) is 7.07. The van der Waals surface area contributed by atoms with E-state index in [-0.39, 0.29) is 5.91 Å². The van der Waals surface area contributed by atoms with Crippen LogP contribution in [0.25, 0.3) is 0 Å². The van der Waals surface area contributed by atoms with Gasteiger partial charge in [0.05, 0.1) is 6.54 Å². The Morgan fingerprint density at radius 2 is 1.81 bits per heavy atom. The molecule has 5 rings (SSSR count). The molecule has 31 heavy (non-hydrogen) atoms. The van der Waals surface area contributed by atoms with Crippen molar-refractivity contribution in [2.45, 2.75) is 32.4 Å². The summed E-state index contributed by atoms with van der Waals surface area (Å²) in [6, 6.07) is 10.6. The molecule has 164 valence electrons. The van der Waals surface area contributed by atoms with Crippen molar-refractivity contribution in [1.29, 1.82) is 0 Å². The number of piperazine rings is 1. The summed E-state index contributed by atoms with van der Waals surface area (Å²) in [6.07, 6.45) is 9.87. The maximum Gasteiger partial charge on any atom is 0.273 e. The average molecular weight is 421 g/mol. The lowest BCUT2D eigenvalue weighted by molar-refractivity contribution is 0.0945. The van der Waals surface area contributed by atoms with Crippen molar-refractivity contribution < 1.29 is 9.21 Å². The Hall–Kier alpha value is -2.44. The highest BCUT2D eigenvalue weighted by Gasteiger charge is 2.35. The standard InChI is InChI=1S/C25H32N4O2/c30-25(26-9-8-22-15-20-6-7-21(22)14-20)23-18-31-24(27-23)17-29-12-10-28(11-13-29)16-19-4-2-1-3-5-19/h1-7,18,20-22H,8-17H2,(H,26,30)/t20-,21+,22-/m1/s1. The van der Waals surface area contributed by atoms with Crippen molar-refractivity contribution in [3.8, 4) is 0 Å². The predicted molar refractivity (Wildman–Crippen MR) is 119 cm³/mol. The summed E-state index contributed by atoms with van der Waals surface area (Å²) >= 11 is 0. The number of amides is 1. The van der Waals surface area contributed by atoms with Gasteiger partial charge >= 0.3 is 0 Å². The number of fused-ring (bicyclic) bond motifs is 2. The molecular formula is C25H32N4O2. The van der Waals surface area contributed by atoms with Crippen LogP contribution in [-0.2, 0) is 13.1 Å². The summed E-state index contributed by atoms with van der Waals surface area (Å²) in [6.45, 7) is 6.39. The third kappa shape index (κ3) is 5.08. The van der Waals surface area contributed by atoms with Gasteiger partial charge in [-0.2, -0.15) is 0 Å².